The molecule has 100 valence electrons. The molecule has 0 amide bonds. The van der Waals surface area contributed by atoms with Crippen LogP contribution in [0.15, 0.2) is 23.1 Å². The number of thioether (sulfide) groups is 1. The van der Waals surface area contributed by atoms with Gasteiger partial charge in [0.1, 0.15) is 0 Å². The quantitative estimate of drug-likeness (QED) is 0.906. The van der Waals surface area contributed by atoms with E-state index in [-0.39, 0.29) is 0 Å². The maximum atomic E-state index is 12.6. The molecule has 0 atom stereocenters. The van der Waals surface area contributed by atoms with Crippen molar-refractivity contribution in [1.29, 1.82) is 0 Å². The number of nitrogens with two attached hydrogens (primary N) is 1. The van der Waals surface area contributed by atoms with E-state index in [4.69, 9.17) is 5.73 Å². The van der Waals surface area contributed by atoms with Crippen molar-refractivity contribution < 1.29 is 8.42 Å². The highest BCUT2D eigenvalue weighted by Gasteiger charge is 2.27. The van der Waals surface area contributed by atoms with Gasteiger partial charge in [0, 0.05) is 31.1 Å². The maximum Gasteiger partial charge on any atom is 0.243 e. The molecule has 1 saturated heterocycles. The van der Waals surface area contributed by atoms with E-state index in [9.17, 15) is 8.42 Å². The van der Waals surface area contributed by atoms with Gasteiger partial charge in [-0.25, -0.2) is 8.42 Å². The Bertz CT molecular complexity index is 523. The molecule has 1 heterocycles. The number of rotatable bonds is 3. The smallest absolute Gasteiger partial charge is 0.243 e. The van der Waals surface area contributed by atoms with Crippen LogP contribution >= 0.6 is 11.8 Å². The van der Waals surface area contributed by atoms with Crippen LogP contribution in [-0.2, 0) is 16.6 Å². The molecule has 0 bridgehead atoms. The van der Waals surface area contributed by atoms with Crippen molar-refractivity contribution in [2.45, 2.75) is 18.4 Å². The summed E-state index contributed by atoms with van der Waals surface area (Å²) in [6.45, 7) is 3.38. The van der Waals surface area contributed by atoms with E-state index >= 15 is 0 Å². The van der Waals surface area contributed by atoms with E-state index in [1.54, 1.807) is 22.1 Å². The number of benzene rings is 1. The van der Waals surface area contributed by atoms with Crippen molar-refractivity contribution in [3.8, 4) is 0 Å². The molecular weight excluding hydrogens is 268 g/mol. The lowest BCUT2D eigenvalue weighted by atomic mass is 10.1. The average Bonchev–Trinajstić information content (AvgIpc) is 2.40. The van der Waals surface area contributed by atoms with E-state index in [2.05, 4.69) is 0 Å². The molecule has 2 rings (SSSR count). The Hall–Kier alpha value is -0.560. The van der Waals surface area contributed by atoms with Crippen molar-refractivity contribution in [2.24, 2.45) is 5.73 Å². The Kier molecular flexibility index (Phi) is 4.32. The van der Waals surface area contributed by atoms with E-state index in [1.165, 1.54) is 0 Å². The minimum absolute atomic E-state index is 0.360. The third kappa shape index (κ3) is 2.71. The molecule has 0 aromatic heterocycles. The van der Waals surface area contributed by atoms with Crippen LogP contribution in [0.5, 0.6) is 0 Å². The third-order valence-corrected chi connectivity index (χ3v) is 6.06. The lowest BCUT2D eigenvalue weighted by Crippen LogP contribution is -2.38. The van der Waals surface area contributed by atoms with Crippen LogP contribution in [0.1, 0.15) is 11.1 Å². The van der Waals surface area contributed by atoms with Gasteiger partial charge in [0.25, 0.3) is 0 Å². The second-order valence-corrected chi connectivity index (χ2v) is 7.45. The van der Waals surface area contributed by atoms with Crippen LogP contribution in [-0.4, -0.2) is 37.3 Å². The van der Waals surface area contributed by atoms with Crippen molar-refractivity contribution in [3.63, 3.8) is 0 Å². The average molecular weight is 286 g/mol. The van der Waals surface area contributed by atoms with Crippen LogP contribution in [0.4, 0.5) is 0 Å². The highest BCUT2D eigenvalue weighted by molar-refractivity contribution is 7.99. The second-order valence-electron chi connectivity index (χ2n) is 4.32. The van der Waals surface area contributed by atoms with Crippen LogP contribution < -0.4 is 5.73 Å². The molecule has 6 heteroatoms. The molecule has 1 aliphatic rings. The summed E-state index contributed by atoms with van der Waals surface area (Å²) in [5.74, 6) is 1.74. The molecule has 4 nitrogen and oxygen atoms in total. The number of sulfonamides is 1. The van der Waals surface area contributed by atoms with E-state index < -0.39 is 10.0 Å². The topological polar surface area (TPSA) is 63.4 Å². The zero-order valence-electron chi connectivity index (χ0n) is 10.4. The first-order chi connectivity index (χ1) is 8.55. The molecule has 0 radical (unpaired) electrons. The van der Waals surface area contributed by atoms with E-state index in [0.29, 0.717) is 24.5 Å². The standard InChI is InChI=1S/C12H18N2O2S2/c1-10-2-3-11(9-13)8-12(10)18(15,16)14-4-6-17-7-5-14/h2-3,8H,4-7,9,13H2,1H3. The molecule has 1 aromatic rings. The highest BCUT2D eigenvalue weighted by atomic mass is 32.2. The number of hydrogen-bond donors (Lipinski definition) is 1. The van der Waals surface area contributed by atoms with Crippen molar-refractivity contribution in [1.82, 2.24) is 4.31 Å². The van der Waals surface area contributed by atoms with E-state index in [1.807, 2.05) is 19.1 Å². The predicted molar refractivity (Wildman–Crippen MR) is 75.2 cm³/mol. The second kappa shape index (κ2) is 5.61. The summed E-state index contributed by atoms with van der Waals surface area (Å²) in [5.41, 5.74) is 7.21. The first-order valence-corrected chi connectivity index (χ1v) is 8.52. The number of nitrogens with zero attached hydrogens (tertiary/aromatic N) is 1. The minimum Gasteiger partial charge on any atom is -0.326 e. The van der Waals surface area contributed by atoms with Gasteiger partial charge in [0.05, 0.1) is 4.90 Å². The fourth-order valence-electron chi connectivity index (χ4n) is 1.98. The van der Waals surface area contributed by atoms with Crippen LogP contribution in [0.25, 0.3) is 0 Å². The summed E-state index contributed by atoms with van der Waals surface area (Å²) in [7, 11) is -3.36. The van der Waals surface area contributed by atoms with Gasteiger partial charge in [-0.1, -0.05) is 12.1 Å². The molecule has 1 fully saturated rings. The Morgan fingerprint density at radius 3 is 2.61 bits per heavy atom. The monoisotopic (exact) mass is 286 g/mol. The van der Waals surface area contributed by atoms with Gasteiger partial charge in [-0.3, -0.25) is 0 Å². The molecule has 0 aliphatic carbocycles. The SMILES string of the molecule is Cc1ccc(CN)cc1S(=O)(=O)N1CCSCC1. The van der Waals surface area contributed by atoms with Gasteiger partial charge < -0.3 is 5.73 Å². The fraction of sp³-hybridized carbons (Fsp3) is 0.500. The molecule has 1 aromatic carbocycles. The summed E-state index contributed by atoms with van der Waals surface area (Å²) in [4.78, 5) is 0.400. The maximum absolute atomic E-state index is 12.6. The normalized spacial score (nSPS) is 17.9. The van der Waals surface area contributed by atoms with Gasteiger partial charge in [-0.05, 0) is 24.1 Å². The zero-order chi connectivity index (χ0) is 13.2. The van der Waals surface area contributed by atoms with E-state index in [0.717, 1.165) is 22.6 Å². The molecule has 18 heavy (non-hydrogen) atoms. The summed E-state index contributed by atoms with van der Waals surface area (Å²) in [6, 6.07) is 5.40. The molecule has 0 saturated carbocycles. The summed E-state index contributed by atoms with van der Waals surface area (Å²) in [5, 5.41) is 0. The molecular formula is C12H18N2O2S2. The number of hydrogen-bond acceptors (Lipinski definition) is 4. The highest BCUT2D eigenvalue weighted by Crippen LogP contribution is 2.23. The largest absolute Gasteiger partial charge is 0.326 e. The first kappa shape index (κ1) is 13.9. The number of aryl methyl sites for hydroxylation is 1. The summed E-state index contributed by atoms with van der Waals surface area (Å²) >= 11 is 1.80. The zero-order valence-corrected chi connectivity index (χ0v) is 12.1. The van der Waals surface area contributed by atoms with Gasteiger partial charge in [-0.15, -0.1) is 0 Å². The Morgan fingerprint density at radius 1 is 1.33 bits per heavy atom. The third-order valence-electron chi connectivity index (χ3n) is 3.08. The molecule has 0 unspecified atom stereocenters. The van der Waals surface area contributed by atoms with Crippen LogP contribution in [0.2, 0.25) is 0 Å². The summed E-state index contributed by atoms with van der Waals surface area (Å²) < 4.78 is 26.7. The molecule has 0 spiro atoms. The lowest BCUT2D eigenvalue weighted by molar-refractivity contribution is 0.443. The molecule has 1 aliphatic heterocycles. The Labute approximate surface area is 113 Å². The van der Waals surface area contributed by atoms with Gasteiger partial charge in [0.15, 0.2) is 0 Å². The van der Waals surface area contributed by atoms with Crippen molar-refractivity contribution >= 4 is 21.8 Å². The van der Waals surface area contributed by atoms with Crippen molar-refractivity contribution in [2.75, 3.05) is 24.6 Å². The van der Waals surface area contributed by atoms with Gasteiger partial charge in [0.2, 0.25) is 10.0 Å². The minimum atomic E-state index is -3.36. The van der Waals surface area contributed by atoms with Crippen molar-refractivity contribution in [3.05, 3.63) is 29.3 Å². The van der Waals surface area contributed by atoms with Crippen LogP contribution in [0, 0.1) is 6.92 Å². The van der Waals surface area contributed by atoms with Crippen LogP contribution in [0.3, 0.4) is 0 Å². The lowest BCUT2D eigenvalue weighted by Gasteiger charge is -2.26. The summed E-state index contributed by atoms with van der Waals surface area (Å²) in [6.07, 6.45) is 0. The fourth-order valence-corrected chi connectivity index (χ4v) is 4.83. The first-order valence-electron chi connectivity index (χ1n) is 5.93. The predicted octanol–water partition coefficient (Wildman–Crippen LogP) is 1.19. The Balaban J connectivity index is 2.39. The molecule has 2 N–H and O–H groups in total. The van der Waals surface area contributed by atoms with Gasteiger partial charge in [-0.2, -0.15) is 16.1 Å². The van der Waals surface area contributed by atoms with Gasteiger partial charge >= 0.3 is 0 Å². The Morgan fingerprint density at radius 2 is 2.00 bits per heavy atom.